The molecule has 3 rings (SSSR count). The van der Waals surface area contributed by atoms with E-state index in [1.807, 2.05) is 12.4 Å². The monoisotopic (exact) mass is 245 g/mol. The van der Waals surface area contributed by atoms with Gasteiger partial charge in [-0.25, -0.2) is 0 Å². The average molecular weight is 245 g/mol. The van der Waals surface area contributed by atoms with E-state index >= 15 is 0 Å². The molecule has 1 aromatic heterocycles. The van der Waals surface area contributed by atoms with Crippen LogP contribution in [-0.4, -0.2) is 41.6 Å². The van der Waals surface area contributed by atoms with Crippen molar-refractivity contribution in [2.75, 3.05) is 19.6 Å². The third kappa shape index (κ3) is 2.73. The molecule has 3 heterocycles. The Labute approximate surface area is 110 Å². The number of nitrogens with one attached hydrogen (secondary N) is 1. The average Bonchev–Trinajstić information content (AvgIpc) is 2.84. The first-order valence-corrected chi connectivity index (χ1v) is 7.30. The fraction of sp³-hybridized carbons (Fsp3) is 0.667. The molecule has 3 nitrogen and oxygen atoms in total. The molecule has 3 heteroatoms. The third-order valence-electron chi connectivity index (χ3n) is 4.43. The maximum Gasteiger partial charge on any atom is 0.0270 e. The van der Waals surface area contributed by atoms with Crippen molar-refractivity contribution in [2.45, 2.75) is 44.2 Å². The van der Waals surface area contributed by atoms with E-state index in [-0.39, 0.29) is 0 Å². The van der Waals surface area contributed by atoms with Crippen LogP contribution in [0, 0.1) is 0 Å². The summed E-state index contributed by atoms with van der Waals surface area (Å²) in [6, 6.07) is 5.77. The van der Waals surface area contributed by atoms with E-state index < -0.39 is 0 Å². The number of rotatable bonds is 4. The molecule has 0 radical (unpaired) electrons. The number of hydrogen-bond acceptors (Lipinski definition) is 3. The standard InChI is InChI=1S/C15H23N3/c1-2-11-18-12-7-14(15(18)3-1)17-10-6-13-4-8-16-9-5-13/h4-5,8-9,14-15,17H,1-3,6-7,10-12H2. The topological polar surface area (TPSA) is 28.2 Å². The predicted octanol–water partition coefficient (Wildman–Crippen LogP) is 1.84. The highest BCUT2D eigenvalue weighted by Gasteiger charge is 2.34. The zero-order chi connectivity index (χ0) is 12.2. The molecule has 2 fully saturated rings. The van der Waals surface area contributed by atoms with Gasteiger partial charge in [-0.1, -0.05) is 6.42 Å². The Balaban J connectivity index is 1.46. The third-order valence-corrected chi connectivity index (χ3v) is 4.43. The molecular formula is C15H23N3. The fourth-order valence-electron chi connectivity index (χ4n) is 3.44. The summed E-state index contributed by atoms with van der Waals surface area (Å²) in [6.45, 7) is 3.73. The van der Waals surface area contributed by atoms with Gasteiger partial charge in [-0.2, -0.15) is 0 Å². The summed E-state index contributed by atoms with van der Waals surface area (Å²) in [6.07, 6.45) is 10.4. The highest BCUT2D eigenvalue weighted by molar-refractivity contribution is 5.10. The Morgan fingerprint density at radius 1 is 1.17 bits per heavy atom. The van der Waals surface area contributed by atoms with E-state index in [0.717, 1.165) is 25.0 Å². The number of hydrogen-bond donors (Lipinski definition) is 1. The number of aromatic nitrogens is 1. The molecule has 2 atom stereocenters. The summed E-state index contributed by atoms with van der Waals surface area (Å²) in [5.41, 5.74) is 1.39. The Morgan fingerprint density at radius 3 is 2.94 bits per heavy atom. The SMILES string of the molecule is c1cc(CCNC2CCN3CCCCC23)ccn1. The lowest BCUT2D eigenvalue weighted by molar-refractivity contribution is 0.181. The molecule has 0 bridgehead atoms. The molecule has 0 aromatic carbocycles. The Hall–Kier alpha value is -0.930. The number of pyridine rings is 1. The van der Waals surface area contributed by atoms with Crippen molar-refractivity contribution in [1.82, 2.24) is 15.2 Å². The Bertz CT molecular complexity index is 365. The molecule has 1 aromatic rings. The van der Waals surface area contributed by atoms with Crippen molar-refractivity contribution in [2.24, 2.45) is 0 Å². The minimum absolute atomic E-state index is 0.729. The van der Waals surface area contributed by atoms with Crippen LogP contribution in [0.4, 0.5) is 0 Å². The van der Waals surface area contributed by atoms with Crippen LogP contribution in [0.3, 0.4) is 0 Å². The van der Waals surface area contributed by atoms with E-state index in [2.05, 4.69) is 27.3 Å². The van der Waals surface area contributed by atoms with Gasteiger partial charge in [0.1, 0.15) is 0 Å². The largest absolute Gasteiger partial charge is 0.312 e. The molecule has 2 unspecified atom stereocenters. The zero-order valence-electron chi connectivity index (χ0n) is 11.0. The summed E-state index contributed by atoms with van der Waals surface area (Å²) in [4.78, 5) is 6.75. The molecule has 98 valence electrons. The van der Waals surface area contributed by atoms with E-state index in [1.54, 1.807) is 0 Å². The van der Waals surface area contributed by atoms with Crippen LogP contribution in [-0.2, 0) is 6.42 Å². The quantitative estimate of drug-likeness (QED) is 0.877. The first-order valence-electron chi connectivity index (χ1n) is 7.30. The highest BCUT2D eigenvalue weighted by Crippen LogP contribution is 2.26. The maximum absolute atomic E-state index is 4.06. The lowest BCUT2D eigenvalue weighted by Gasteiger charge is -2.32. The van der Waals surface area contributed by atoms with Crippen LogP contribution < -0.4 is 5.32 Å². The highest BCUT2D eigenvalue weighted by atomic mass is 15.2. The Morgan fingerprint density at radius 2 is 2.06 bits per heavy atom. The molecule has 0 aliphatic carbocycles. The van der Waals surface area contributed by atoms with Crippen molar-refractivity contribution < 1.29 is 0 Å². The summed E-state index contributed by atoms with van der Waals surface area (Å²) in [5.74, 6) is 0. The van der Waals surface area contributed by atoms with Crippen molar-refractivity contribution in [3.05, 3.63) is 30.1 Å². The van der Waals surface area contributed by atoms with E-state index in [4.69, 9.17) is 0 Å². The second-order valence-electron chi connectivity index (χ2n) is 5.55. The molecule has 2 aliphatic heterocycles. The zero-order valence-corrected chi connectivity index (χ0v) is 11.0. The van der Waals surface area contributed by atoms with E-state index in [1.165, 1.54) is 44.3 Å². The summed E-state index contributed by atoms with van der Waals surface area (Å²) < 4.78 is 0. The first kappa shape index (κ1) is 12.1. The second kappa shape index (κ2) is 5.81. The van der Waals surface area contributed by atoms with Gasteiger partial charge in [0.2, 0.25) is 0 Å². The van der Waals surface area contributed by atoms with Crippen molar-refractivity contribution in [3.63, 3.8) is 0 Å². The van der Waals surface area contributed by atoms with Gasteiger partial charge in [-0.3, -0.25) is 9.88 Å². The minimum atomic E-state index is 0.729. The normalized spacial score (nSPS) is 28.2. The van der Waals surface area contributed by atoms with Gasteiger partial charge in [0.15, 0.2) is 0 Å². The molecule has 2 saturated heterocycles. The van der Waals surface area contributed by atoms with Gasteiger partial charge >= 0.3 is 0 Å². The van der Waals surface area contributed by atoms with Crippen LogP contribution in [0.1, 0.15) is 31.2 Å². The summed E-state index contributed by atoms with van der Waals surface area (Å²) >= 11 is 0. The van der Waals surface area contributed by atoms with Crippen LogP contribution in [0.5, 0.6) is 0 Å². The van der Waals surface area contributed by atoms with Gasteiger partial charge in [-0.05, 0) is 56.5 Å². The Kier molecular flexibility index (Phi) is 3.91. The number of piperidine rings is 1. The molecular weight excluding hydrogens is 222 g/mol. The molecule has 0 saturated carbocycles. The summed E-state index contributed by atoms with van der Waals surface area (Å²) in [5, 5.41) is 3.77. The minimum Gasteiger partial charge on any atom is -0.312 e. The first-order chi connectivity index (χ1) is 8.93. The smallest absolute Gasteiger partial charge is 0.0270 e. The number of nitrogens with zero attached hydrogens (tertiary/aromatic N) is 2. The lowest BCUT2D eigenvalue weighted by atomic mass is 9.99. The van der Waals surface area contributed by atoms with Crippen LogP contribution >= 0.6 is 0 Å². The second-order valence-corrected chi connectivity index (χ2v) is 5.55. The van der Waals surface area contributed by atoms with Crippen molar-refractivity contribution in [1.29, 1.82) is 0 Å². The van der Waals surface area contributed by atoms with Gasteiger partial charge in [0.25, 0.3) is 0 Å². The molecule has 1 N–H and O–H groups in total. The molecule has 0 amide bonds. The fourth-order valence-corrected chi connectivity index (χ4v) is 3.44. The summed E-state index contributed by atoms with van der Waals surface area (Å²) in [7, 11) is 0. The van der Waals surface area contributed by atoms with Gasteiger partial charge in [0, 0.05) is 31.0 Å². The molecule has 18 heavy (non-hydrogen) atoms. The van der Waals surface area contributed by atoms with Gasteiger partial charge in [-0.15, -0.1) is 0 Å². The van der Waals surface area contributed by atoms with Crippen molar-refractivity contribution in [3.8, 4) is 0 Å². The lowest BCUT2D eigenvalue weighted by Crippen LogP contribution is -2.45. The van der Waals surface area contributed by atoms with E-state index in [9.17, 15) is 0 Å². The molecule has 0 spiro atoms. The van der Waals surface area contributed by atoms with Crippen LogP contribution in [0.25, 0.3) is 0 Å². The van der Waals surface area contributed by atoms with Gasteiger partial charge in [0.05, 0.1) is 0 Å². The predicted molar refractivity (Wildman–Crippen MR) is 73.6 cm³/mol. The van der Waals surface area contributed by atoms with Crippen LogP contribution in [0.15, 0.2) is 24.5 Å². The van der Waals surface area contributed by atoms with E-state index in [0.29, 0.717) is 0 Å². The number of fused-ring (bicyclic) bond motifs is 1. The van der Waals surface area contributed by atoms with Crippen LogP contribution in [0.2, 0.25) is 0 Å². The maximum atomic E-state index is 4.06. The van der Waals surface area contributed by atoms with Gasteiger partial charge < -0.3 is 5.32 Å². The van der Waals surface area contributed by atoms with Crippen molar-refractivity contribution >= 4 is 0 Å². The molecule has 2 aliphatic rings.